The summed E-state index contributed by atoms with van der Waals surface area (Å²) < 4.78 is 48.4. The van der Waals surface area contributed by atoms with Gasteiger partial charge in [0, 0.05) is 32.1 Å². The molecule has 12 nitrogen and oxygen atoms in total. The van der Waals surface area contributed by atoms with Crippen LogP contribution in [0.15, 0.2) is 40.6 Å². The van der Waals surface area contributed by atoms with Crippen LogP contribution in [0, 0.1) is 5.92 Å². The van der Waals surface area contributed by atoms with E-state index in [0.717, 1.165) is 25.3 Å². The lowest BCUT2D eigenvalue weighted by Gasteiger charge is -2.18. The molecular formula is C25H31F3N8O4. The van der Waals surface area contributed by atoms with Crippen LogP contribution in [-0.4, -0.2) is 70.4 Å². The van der Waals surface area contributed by atoms with Gasteiger partial charge in [-0.3, -0.25) is 19.3 Å². The minimum atomic E-state index is -4.81. The SMILES string of the molecule is NN=C(C=NCCCCn1cc(C(=O)NCC2CC3CCC2O3)nn1)C(=O)NCc1cccc(OC(F)(F)F)c1. The van der Waals surface area contributed by atoms with Gasteiger partial charge < -0.3 is 25.9 Å². The summed E-state index contributed by atoms with van der Waals surface area (Å²) in [7, 11) is 0. The number of halogens is 3. The molecule has 2 amide bonds. The van der Waals surface area contributed by atoms with Gasteiger partial charge in [-0.1, -0.05) is 17.3 Å². The number of amides is 2. The van der Waals surface area contributed by atoms with Crippen molar-refractivity contribution in [2.75, 3.05) is 13.1 Å². The van der Waals surface area contributed by atoms with Crippen LogP contribution < -0.4 is 21.2 Å². The maximum atomic E-state index is 12.4. The van der Waals surface area contributed by atoms with Crippen LogP contribution in [0.3, 0.4) is 0 Å². The fourth-order valence-electron chi connectivity index (χ4n) is 4.69. The van der Waals surface area contributed by atoms with Gasteiger partial charge in [0.25, 0.3) is 11.8 Å². The Morgan fingerprint density at radius 3 is 2.83 bits per heavy atom. The number of ether oxygens (including phenoxy) is 2. The van der Waals surface area contributed by atoms with E-state index in [-0.39, 0.29) is 35.7 Å². The standard InChI is InChI=1S/C25H31F3N8O4/c26-25(27,28)40-19-5-3-4-16(10-19)12-31-23(37)20(33-29)14-30-8-1-2-9-36-15-21(34-35-36)24(38)32-13-17-11-18-6-7-22(17)39-18/h3-5,10,14-15,17-18,22H,1-2,6-9,11-13,29H2,(H,31,37)(H,32,38). The number of aromatic nitrogens is 3. The lowest BCUT2D eigenvalue weighted by molar-refractivity contribution is -0.274. The second-order valence-corrected chi connectivity index (χ2v) is 9.58. The van der Waals surface area contributed by atoms with Gasteiger partial charge in [0.2, 0.25) is 0 Å². The maximum absolute atomic E-state index is 12.4. The number of aliphatic imine (C=N–C) groups is 1. The molecule has 2 aliphatic heterocycles. The summed E-state index contributed by atoms with van der Waals surface area (Å²) in [6.07, 6.45) is 3.12. The zero-order valence-corrected chi connectivity index (χ0v) is 21.6. The first-order valence-corrected chi connectivity index (χ1v) is 12.9. The van der Waals surface area contributed by atoms with Crippen molar-refractivity contribution in [2.45, 2.75) is 63.8 Å². The van der Waals surface area contributed by atoms with Crippen molar-refractivity contribution in [1.29, 1.82) is 0 Å². The van der Waals surface area contributed by atoms with Crippen LogP contribution in [0.1, 0.15) is 48.2 Å². The summed E-state index contributed by atoms with van der Waals surface area (Å²) in [5, 5.41) is 16.8. The summed E-state index contributed by atoms with van der Waals surface area (Å²) in [6.45, 7) is 1.43. The number of unbranched alkanes of at least 4 members (excludes halogenated alkanes) is 1. The van der Waals surface area contributed by atoms with Crippen LogP contribution in [0.2, 0.25) is 0 Å². The molecule has 3 atom stereocenters. The Bertz CT molecular complexity index is 1230. The number of carbonyl (C=O) groups is 2. The van der Waals surface area contributed by atoms with Gasteiger partial charge in [0.1, 0.15) is 5.75 Å². The summed E-state index contributed by atoms with van der Waals surface area (Å²) >= 11 is 0. The van der Waals surface area contributed by atoms with E-state index in [9.17, 15) is 22.8 Å². The molecule has 0 aliphatic carbocycles. The molecule has 4 N–H and O–H groups in total. The van der Waals surface area contributed by atoms with Gasteiger partial charge in [-0.25, -0.2) is 0 Å². The van der Waals surface area contributed by atoms with Crippen LogP contribution in [-0.2, 0) is 22.6 Å². The summed E-state index contributed by atoms with van der Waals surface area (Å²) in [5.74, 6) is 4.37. The molecule has 3 heterocycles. The van der Waals surface area contributed by atoms with E-state index in [1.807, 2.05) is 0 Å². The Hall–Kier alpha value is -4.01. The highest BCUT2D eigenvalue weighted by Gasteiger charge is 2.40. The molecule has 0 spiro atoms. The van der Waals surface area contributed by atoms with Crippen LogP contribution in [0.4, 0.5) is 13.2 Å². The Labute approximate surface area is 228 Å². The Kier molecular flexibility index (Phi) is 9.69. The predicted octanol–water partition coefficient (Wildman–Crippen LogP) is 1.96. The van der Waals surface area contributed by atoms with Gasteiger partial charge in [0.15, 0.2) is 11.4 Å². The van der Waals surface area contributed by atoms with Gasteiger partial charge in [-0.15, -0.1) is 18.3 Å². The lowest BCUT2D eigenvalue weighted by atomic mass is 9.89. The average Bonchev–Trinajstić information content (AvgIpc) is 3.67. The number of nitrogens with one attached hydrogen (secondary N) is 2. The summed E-state index contributed by atoms with van der Waals surface area (Å²) in [5.41, 5.74) is 0.524. The smallest absolute Gasteiger partial charge is 0.406 e. The molecule has 2 bridgehead atoms. The first kappa shape index (κ1) is 29.0. The third-order valence-corrected chi connectivity index (χ3v) is 6.62. The molecule has 1 aromatic heterocycles. The van der Waals surface area contributed by atoms with Crippen molar-refractivity contribution in [3.8, 4) is 5.75 Å². The van der Waals surface area contributed by atoms with Crippen molar-refractivity contribution in [1.82, 2.24) is 25.6 Å². The molecule has 2 aromatic rings. The Morgan fingerprint density at radius 2 is 2.10 bits per heavy atom. The van der Waals surface area contributed by atoms with E-state index in [4.69, 9.17) is 10.6 Å². The number of benzene rings is 1. The maximum Gasteiger partial charge on any atom is 0.573 e. The van der Waals surface area contributed by atoms with Crippen molar-refractivity contribution < 1.29 is 32.2 Å². The first-order chi connectivity index (χ1) is 19.2. The van der Waals surface area contributed by atoms with Crippen molar-refractivity contribution >= 4 is 23.7 Å². The highest BCUT2D eigenvalue weighted by Crippen LogP contribution is 2.38. The van der Waals surface area contributed by atoms with Gasteiger partial charge in [0.05, 0.1) is 24.6 Å². The van der Waals surface area contributed by atoms with Gasteiger partial charge >= 0.3 is 6.36 Å². The third kappa shape index (κ3) is 8.49. The molecule has 2 aliphatic rings. The fourth-order valence-corrected chi connectivity index (χ4v) is 4.69. The largest absolute Gasteiger partial charge is 0.573 e. The molecule has 1 aromatic carbocycles. The van der Waals surface area contributed by atoms with E-state index in [2.05, 4.69) is 35.8 Å². The van der Waals surface area contributed by atoms with E-state index >= 15 is 0 Å². The molecule has 0 radical (unpaired) electrons. The number of nitrogens with zero attached hydrogens (tertiary/aromatic N) is 5. The quantitative estimate of drug-likeness (QED) is 0.145. The summed E-state index contributed by atoms with van der Waals surface area (Å²) in [4.78, 5) is 28.8. The van der Waals surface area contributed by atoms with Gasteiger partial charge in [-0.2, -0.15) is 5.10 Å². The van der Waals surface area contributed by atoms with Crippen molar-refractivity contribution in [3.63, 3.8) is 0 Å². The number of fused-ring (bicyclic) bond motifs is 2. The number of nitrogens with two attached hydrogens (primary N) is 1. The number of hydrogen-bond acceptors (Lipinski definition) is 9. The topological polar surface area (TPSA) is 158 Å². The van der Waals surface area contributed by atoms with E-state index in [0.29, 0.717) is 50.1 Å². The average molecular weight is 565 g/mol. The molecule has 2 fully saturated rings. The molecule has 2 saturated heterocycles. The van der Waals surface area contributed by atoms with Crippen molar-refractivity contribution in [2.24, 2.45) is 21.9 Å². The highest BCUT2D eigenvalue weighted by molar-refractivity contribution is 6.60. The zero-order chi connectivity index (χ0) is 28.5. The number of alkyl halides is 3. The Morgan fingerprint density at radius 1 is 1.25 bits per heavy atom. The number of carbonyl (C=O) groups excluding carboxylic acids is 2. The minimum Gasteiger partial charge on any atom is -0.406 e. The number of hydrogen-bond donors (Lipinski definition) is 3. The predicted molar refractivity (Wildman–Crippen MR) is 138 cm³/mol. The lowest BCUT2D eigenvalue weighted by Crippen LogP contribution is -2.33. The van der Waals surface area contributed by atoms with Gasteiger partial charge in [-0.05, 0) is 49.8 Å². The minimum absolute atomic E-state index is 0.0609. The molecule has 0 saturated carbocycles. The fraction of sp³-hybridized carbons (Fsp3) is 0.520. The third-order valence-electron chi connectivity index (χ3n) is 6.62. The second kappa shape index (κ2) is 13.4. The molecule has 216 valence electrons. The zero-order valence-electron chi connectivity index (χ0n) is 21.6. The molecule has 4 rings (SSSR count). The number of rotatable bonds is 13. The van der Waals surface area contributed by atoms with E-state index in [1.165, 1.54) is 24.4 Å². The van der Waals surface area contributed by atoms with Crippen LogP contribution in [0.5, 0.6) is 5.75 Å². The molecular weight excluding hydrogens is 533 g/mol. The van der Waals surface area contributed by atoms with Crippen LogP contribution >= 0.6 is 0 Å². The van der Waals surface area contributed by atoms with Crippen LogP contribution in [0.25, 0.3) is 0 Å². The molecule has 40 heavy (non-hydrogen) atoms. The normalized spacial score (nSPS) is 20.7. The second-order valence-electron chi connectivity index (χ2n) is 9.58. The summed E-state index contributed by atoms with van der Waals surface area (Å²) in [6, 6.07) is 5.25. The molecule has 3 unspecified atom stereocenters. The van der Waals surface area contributed by atoms with E-state index < -0.39 is 12.3 Å². The van der Waals surface area contributed by atoms with Crippen molar-refractivity contribution in [3.05, 3.63) is 41.7 Å². The monoisotopic (exact) mass is 564 g/mol. The number of hydrazone groups is 1. The van der Waals surface area contributed by atoms with E-state index in [1.54, 1.807) is 10.9 Å². The highest BCUT2D eigenvalue weighted by atomic mass is 19.4. The number of aryl methyl sites for hydroxylation is 1. The first-order valence-electron chi connectivity index (χ1n) is 12.9. The molecule has 15 heteroatoms. The Balaban J connectivity index is 1.12.